The molecule has 1 unspecified atom stereocenters. The summed E-state index contributed by atoms with van der Waals surface area (Å²) in [5.41, 5.74) is 8.71. The van der Waals surface area contributed by atoms with Gasteiger partial charge in [0, 0.05) is 24.2 Å². The normalized spacial score (nSPS) is 12.6. The molecule has 3 nitrogen and oxygen atoms in total. The Labute approximate surface area is 118 Å². The molecule has 0 amide bonds. The van der Waals surface area contributed by atoms with E-state index in [0.717, 1.165) is 10.8 Å². The molecule has 0 aliphatic rings. The number of thioether (sulfide) groups is 1. The summed E-state index contributed by atoms with van der Waals surface area (Å²) >= 11 is 1.64. The number of aromatic nitrogens is 2. The minimum atomic E-state index is 0.0215. The maximum Gasteiger partial charge on any atom is 0.114 e. The van der Waals surface area contributed by atoms with Gasteiger partial charge in [-0.2, -0.15) is 0 Å². The Balaban J connectivity index is 1.94. The van der Waals surface area contributed by atoms with Gasteiger partial charge in [0.05, 0.1) is 6.20 Å². The Hall–Kier alpha value is -1.39. The second-order valence-electron chi connectivity index (χ2n) is 4.78. The van der Waals surface area contributed by atoms with Gasteiger partial charge in [-0.05, 0) is 17.0 Å². The first-order valence-electron chi connectivity index (χ1n) is 6.41. The molecular weight excluding hydrogens is 254 g/mol. The lowest BCUT2D eigenvalue weighted by atomic mass is 10.00. The molecule has 100 valence electrons. The van der Waals surface area contributed by atoms with Crippen molar-refractivity contribution in [2.45, 2.75) is 30.8 Å². The lowest BCUT2D eigenvalue weighted by Crippen LogP contribution is -2.13. The summed E-state index contributed by atoms with van der Waals surface area (Å²) in [5.74, 6) is 1.36. The number of rotatable bonds is 5. The van der Waals surface area contributed by atoms with E-state index in [-0.39, 0.29) is 6.04 Å². The first-order valence-corrected chi connectivity index (χ1v) is 7.39. The van der Waals surface area contributed by atoms with Crippen LogP contribution in [-0.2, 0) is 0 Å². The molecule has 1 heterocycles. The molecule has 2 N–H and O–H groups in total. The van der Waals surface area contributed by atoms with Gasteiger partial charge in [0.15, 0.2) is 0 Å². The van der Waals surface area contributed by atoms with Crippen molar-refractivity contribution >= 4 is 11.8 Å². The molecule has 0 bridgehead atoms. The molecular formula is C15H19N3S. The average Bonchev–Trinajstić information content (AvgIpc) is 2.46. The quantitative estimate of drug-likeness (QED) is 0.848. The zero-order valence-electron chi connectivity index (χ0n) is 11.3. The molecule has 1 atom stereocenters. The van der Waals surface area contributed by atoms with Crippen LogP contribution in [0.15, 0.2) is 47.9 Å². The van der Waals surface area contributed by atoms with E-state index in [4.69, 9.17) is 5.73 Å². The first kappa shape index (κ1) is 14.0. The maximum atomic E-state index is 6.20. The van der Waals surface area contributed by atoms with Gasteiger partial charge in [-0.1, -0.05) is 38.1 Å². The van der Waals surface area contributed by atoms with Crippen molar-refractivity contribution < 1.29 is 0 Å². The third-order valence-corrected chi connectivity index (χ3v) is 4.01. The van der Waals surface area contributed by atoms with Crippen molar-refractivity contribution in [2.24, 2.45) is 5.73 Å². The van der Waals surface area contributed by atoms with E-state index < -0.39 is 0 Å². The molecule has 0 spiro atoms. The fraction of sp³-hybridized carbons (Fsp3) is 0.333. The van der Waals surface area contributed by atoms with Gasteiger partial charge >= 0.3 is 0 Å². The Morgan fingerprint density at radius 2 is 1.79 bits per heavy atom. The van der Waals surface area contributed by atoms with Crippen LogP contribution in [-0.4, -0.2) is 15.7 Å². The lowest BCUT2D eigenvalue weighted by molar-refractivity contribution is 0.820. The molecule has 2 aromatic rings. The second kappa shape index (κ2) is 6.68. The van der Waals surface area contributed by atoms with Crippen molar-refractivity contribution in [3.8, 4) is 0 Å². The molecule has 0 aliphatic heterocycles. The average molecular weight is 273 g/mol. The smallest absolute Gasteiger partial charge is 0.114 e. The molecule has 19 heavy (non-hydrogen) atoms. The van der Waals surface area contributed by atoms with Crippen LogP contribution in [0.5, 0.6) is 0 Å². The van der Waals surface area contributed by atoms with E-state index in [1.54, 1.807) is 30.4 Å². The number of hydrogen-bond acceptors (Lipinski definition) is 4. The maximum absolute atomic E-state index is 6.20. The number of nitrogens with two attached hydrogens (primary N) is 1. The van der Waals surface area contributed by atoms with Gasteiger partial charge in [0.25, 0.3) is 0 Å². The van der Waals surface area contributed by atoms with Gasteiger partial charge in [-0.3, -0.25) is 4.98 Å². The molecule has 0 fully saturated rings. The highest BCUT2D eigenvalue weighted by Gasteiger charge is 2.08. The van der Waals surface area contributed by atoms with Crippen LogP contribution >= 0.6 is 11.8 Å². The third kappa shape index (κ3) is 4.04. The van der Waals surface area contributed by atoms with Crippen molar-refractivity contribution in [1.82, 2.24) is 9.97 Å². The number of benzene rings is 1. The number of hydrogen-bond donors (Lipinski definition) is 1. The lowest BCUT2D eigenvalue weighted by Gasteiger charge is -2.13. The van der Waals surface area contributed by atoms with Crippen molar-refractivity contribution in [1.29, 1.82) is 0 Å². The summed E-state index contributed by atoms with van der Waals surface area (Å²) in [6.45, 7) is 4.39. The SMILES string of the molecule is CC(C)c1ccc(C(N)CSc2cnccn2)cc1. The van der Waals surface area contributed by atoms with E-state index in [2.05, 4.69) is 48.1 Å². The van der Waals surface area contributed by atoms with E-state index in [1.165, 1.54) is 11.1 Å². The Morgan fingerprint density at radius 3 is 2.37 bits per heavy atom. The Kier molecular flexibility index (Phi) is 4.93. The summed E-state index contributed by atoms with van der Waals surface area (Å²) in [7, 11) is 0. The molecule has 0 radical (unpaired) electrons. The molecule has 0 aliphatic carbocycles. The minimum Gasteiger partial charge on any atom is -0.323 e. The van der Waals surface area contributed by atoms with Crippen LogP contribution in [0.4, 0.5) is 0 Å². The van der Waals surface area contributed by atoms with Crippen LogP contribution in [0.25, 0.3) is 0 Å². The summed E-state index contributed by atoms with van der Waals surface area (Å²) < 4.78 is 0. The van der Waals surface area contributed by atoms with E-state index >= 15 is 0 Å². The predicted octanol–water partition coefficient (Wildman–Crippen LogP) is 3.39. The highest BCUT2D eigenvalue weighted by molar-refractivity contribution is 7.99. The van der Waals surface area contributed by atoms with E-state index in [1.807, 2.05) is 0 Å². The van der Waals surface area contributed by atoms with E-state index in [0.29, 0.717) is 5.92 Å². The Bertz CT molecular complexity index is 497. The summed E-state index contributed by atoms with van der Waals surface area (Å²) in [4.78, 5) is 8.27. The van der Waals surface area contributed by atoms with Crippen molar-refractivity contribution in [2.75, 3.05) is 5.75 Å². The summed E-state index contributed by atoms with van der Waals surface area (Å²) in [5, 5.41) is 0.914. The predicted molar refractivity (Wildman–Crippen MR) is 80.2 cm³/mol. The van der Waals surface area contributed by atoms with Crippen LogP contribution in [0.2, 0.25) is 0 Å². The first-order chi connectivity index (χ1) is 9.16. The molecule has 0 saturated carbocycles. The standard InChI is InChI=1S/C15H19N3S/c1-11(2)12-3-5-13(6-4-12)14(16)10-19-15-9-17-7-8-18-15/h3-9,11,14H,10,16H2,1-2H3. The van der Waals surface area contributed by atoms with Gasteiger partial charge in [-0.15, -0.1) is 11.8 Å². The molecule has 2 rings (SSSR count). The molecule has 1 aromatic heterocycles. The monoisotopic (exact) mass is 273 g/mol. The molecule has 1 aromatic carbocycles. The van der Waals surface area contributed by atoms with Gasteiger partial charge in [0.1, 0.15) is 5.03 Å². The Morgan fingerprint density at radius 1 is 1.11 bits per heavy atom. The van der Waals surface area contributed by atoms with Crippen LogP contribution in [0, 0.1) is 0 Å². The van der Waals surface area contributed by atoms with Crippen molar-refractivity contribution in [3.63, 3.8) is 0 Å². The fourth-order valence-corrected chi connectivity index (χ4v) is 2.57. The largest absolute Gasteiger partial charge is 0.323 e. The zero-order valence-corrected chi connectivity index (χ0v) is 12.1. The highest BCUT2D eigenvalue weighted by Crippen LogP contribution is 2.22. The fourth-order valence-electron chi connectivity index (χ4n) is 1.76. The van der Waals surface area contributed by atoms with E-state index in [9.17, 15) is 0 Å². The third-order valence-electron chi connectivity index (χ3n) is 2.98. The second-order valence-corrected chi connectivity index (χ2v) is 5.82. The van der Waals surface area contributed by atoms with Gasteiger partial charge in [0.2, 0.25) is 0 Å². The summed E-state index contributed by atoms with van der Waals surface area (Å²) in [6.07, 6.45) is 5.14. The summed E-state index contributed by atoms with van der Waals surface area (Å²) in [6, 6.07) is 8.59. The topological polar surface area (TPSA) is 51.8 Å². The number of nitrogens with zero attached hydrogens (tertiary/aromatic N) is 2. The van der Waals surface area contributed by atoms with Gasteiger partial charge in [-0.25, -0.2) is 4.98 Å². The van der Waals surface area contributed by atoms with Crippen molar-refractivity contribution in [3.05, 3.63) is 54.0 Å². The minimum absolute atomic E-state index is 0.0215. The van der Waals surface area contributed by atoms with Gasteiger partial charge < -0.3 is 5.73 Å². The highest BCUT2D eigenvalue weighted by atomic mass is 32.2. The molecule has 0 saturated heterocycles. The van der Waals surface area contributed by atoms with Crippen LogP contribution in [0.1, 0.15) is 36.9 Å². The zero-order chi connectivity index (χ0) is 13.7. The van der Waals surface area contributed by atoms with Crippen LogP contribution in [0.3, 0.4) is 0 Å². The van der Waals surface area contributed by atoms with Crippen LogP contribution < -0.4 is 5.73 Å². The molecule has 4 heteroatoms.